The molecule has 10 aliphatic rings. The molecule has 4 N–H and O–H groups in total. The number of aromatic nitrogens is 16. The molecule has 10 fully saturated rings. The predicted octanol–water partition coefficient (Wildman–Crippen LogP) is 19.3. The summed E-state index contributed by atoms with van der Waals surface area (Å²) >= 11 is 50.4. The van der Waals surface area contributed by atoms with Crippen molar-refractivity contribution >= 4 is 173 Å². The lowest BCUT2D eigenvalue weighted by Gasteiger charge is -2.50. The van der Waals surface area contributed by atoms with Gasteiger partial charge in [0.2, 0.25) is 0 Å². The van der Waals surface area contributed by atoms with Crippen LogP contribution in [0.5, 0.6) is 0 Å². The number of hydrogen-bond acceptors (Lipinski definition) is 24. The van der Waals surface area contributed by atoms with Gasteiger partial charge in [0.1, 0.15) is 45.3 Å². The number of benzene rings is 4. The predicted molar refractivity (Wildman–Crippen MR) is 563 cm³/mol. The molecule has 756 valence electrons. The molecule has 0 amide bonds. The van der Waals surface area contributed by atoms with Gasteiger partial charge in [-0.15, -0.1) is 0 Å². The number of aryl methyl sites for hydroxylation is 4. The van der Waals surface area contributed by atoms with Crippen molar-refractivity contribution in [2.45, 2.75) is 182 Å². The van der Waals surface area contributed by atoms with E-state index < -0.39 is 11.9 Å². The number of rotatable bonds is 26. The first-order valence-electron chi connectivity index (χ1n) is 50.7. The summed E-state index contributed by atoms with van der Waals surface area (Å²) in [7, 11) is 0. The number of carboxylic acids is 2. The van der Waals surface area contributed by atoms with Crippen LogP contribution in [-0.2, 0) is 9.59 Å². The summed E-state index contributed by atoms with van der Waals surface area (Å²) in [5.41, 5.74) is 13.5. The lowest BCUT2D eigenvalue weighted by atomic mass is 9.76. The van der Waals surface area contributed by atoms with Gasteiger partial charge in [0.25, 0.3) is 0 Å². The highest BCUT2D eigenvalue weighted by Crippen LogP contribution is 2.46. The lowest BCUT2D eigenvalue weighted by molar-refractivity contribution is -0.148. The molecule has 22 rings (SSSR count). The molecule has 12 aromatic rings. The van der Waals surface area contributed by atoms with Crippen molar-refractivity contribution in [2.24, 2.45) is 59.2 Å². The highest BCUT2D eigenvalue weighted by molar-refractivity contribution is 6.37. The number of hydrogen-bond donors (Lipinski definition) is 4. The monoisotopic (exact) mass is 2090 g/mol. The van der Waals surface area contributed by atoms with Crippen molar-refractivity contribution in [3.8, 4) is 0 Å². The van der Waals surface area contributed by atoms with Crippen LogP contribution in [0.1, 0.15) is 187 Å². The average Bonchev–Trinajstić information content (AvgIpc) is 1.51. The van der Waals surface area contributed by atoms with E-state index in [0.29, 0.717) is 87.8 Å². The number of piperidine rings is 4. The van der Waals surface area contributed by atoms with E-state index in [4.69, 9.17) is 163 Å². The van der Waals surface area contributed by atoms with E-state index in [0.717, 1.165) is 281 Å². The Morgan fingerprint density at radius 1 is 0.345 bits per heavy atom. The lowest BCUT2D eigenvalue weighted by Crippen LogP contribution is -2.56. The molecular formula is C104H128Cl8N24O6. The third-order valence-electron chi connectivity index (χ3n) is 32.2. The number of halogens is 8. The minimum absolute atomic E-state index is 0.0956. The Morgan fingerprint density at radius 3 is 0.831 bits per heavy atom. The van der Waals surface area contributed by atoms with Crippen LogP contribution in [0.15, 0.2) is 97.6 Å². The molecule has 8 atom stereocenters. The Morgan fingerprint density at radius 2 is 0.592 bits per heavy atom. The van der Waals surface area contributed by atoms with Crippen molar-refractivity contribution in [3.05, 3.63) is 183 Å². The third-order valence-corrected chi connectivity index (χ3v) is 34.5. The molecule has 2 saturated carbocycles. The Bertz CT molecular complexity index is 6140. The Hall–Kier alpha value is -8.70. The van der Waals surface area contributed by atoms with Crippen molar-refractivity contribution in [3.63, 3.8) is 0 Å². The van der Waals surface area contributed by atoms with Gasteiger partial charge in [-0.3, -0.25) is 9.59 Å². The number of carbonyl (C=O) groups is 2. The Labute approximate surface area is 869 Å². The molecule has 8 aromatic heterocycles. The van der Waals surface area contributed by atoms with Crippen LogP contribution in [0.25, 0.3) is 44.7 Å². The summed E-state index contributed by atoms with van der Waals surface area (Å²) in [6, 6.07) is 22.7. The minimum Gasteiger partial charge on any atom is -0.481 e. The summed E-state index contributed by atoms with van der Waals surface area (Å²) < 4.78 is 7.67. The number of aliphatic hydroxyl groups is 2. The van der Waals surface area contributed by atoms with Crippen molar-refractivity contribution < 1.29 is 30.0 Å². The normalized spacial score (nSPS) is 23.2. The van der Waals surface area contributed by atoms with Gasteiger partial charge in [0.15, 0.2) is 22.6 Å². The maximum absolute atomic E-state index is 11.2. The largest absolute Gasteiger partial charge is 0.481 e. The molecule has 8 aliphatic heterocycles. The van der Waals surface area contributed by atoms with Gasteiger partial charge in [-0.1, -0.05) is 117 Å². The first kappa shape index (κ1) is 102. The van der Waals surface area contributed by atoms with E-state index in [9.17, 15) is 19.8 Å². The van der Waals surface area contributed by atoms with Crippen molar-refractivity contribution in [1.82, 2.24) is 98.6 Å². The van der Waals surface area contributed by atoms with Crippen molar-refractivity contribution in [1.29, 1.82) is 0 Å². The zero-order valence-electron chi connectivity index (χ0n) is 81.9. The van der Waals surface area contributed by atoms with Gasteiger partial charge < -0.3 is 59.6 Å². The van der Waals surface area contributed by atoms with Gasteiger partial charge in [0, 0.05) is 157 Å². The highest BCUT2D eigenvalue weighted by atomic mass is 35.5. The Kier molecular flexibility index (Phi) is 31.7. The summed E-state index contributed by atoms with van der Waals surface area (Å²) in [6.07, 6.45) is 22.4. The van der Waals surface area contributed by atoms with Crippen LogP contribution >= 0.6 is 92.8 Å². The molecule has 0 radical (unpaired) electrons. The van der Waals surface area contributed by atoms with E-state index in [1.165, 1.54) is 51.4 Å². The van der Waals surface area contributed by atoms with Crippen LogP contribution in [-0.4, -0.2) is 274 Å². The molecular weight excluding hydrogens is 1960 g/mol. The van der Waals surface area contributed by atoms with Crippen LogP contribution < -0.4 is 19.6 Å². The van der Waals surface area contributed by atoms with Gasteiger partial charge in [-0.05, 0) is 290 Å². The molecule has 8 saturated heterocycles. The van der Waals surface area contributed by atoms with Gasteiger partial charge in [-0.2, -0.15) is 20.4 Å². The average molecular weight is 2090 g/mol. The van der Waals surface area contributed by atoms with Gasteiger partial charge >= 0.3 is 11.9 Å². The summed E-state index contributed by atoms with van der Waals surface area (Å²) in [5.74, 6) is 7.42. The van der Waals surface area contributed by atoms with Crippen molar-refractivity contribution in [2.75, 3.05) is 151 Å². The summed E-state index contributed by atoms with van der Waals surface area (Å²) in [4.78, 5) is 80.8. The quantitative estimate of drug-likeness (QED) is 0.0391. The second-order valence-electron chi connectivity index (χ2n) is 41.4. The number of aliphatic hydroxyl groups excluding tert-OH is 2. The minimum atomic E-state index is -0.639. The second-order valence-corrected chi connectivity index (χ2v) is 44.8. The van der Waals surface area contributed by atoms with Crippen LogP contribution in [0.4, 0.5) is 23.3 Å². The van der Waals surface area contributed by atoms with Gasteiger partial charge in [0.05, 0.1) is 83.6 Å². The number of fused-ring (bicyclic) bond motifs is 4. The summed E-state index contributed by atoms with van der Waals surface area (Å²) in [5, 5.41) is 60.7. The molecule has 4 aromatic carbocycles. The molecule has 30 nitrogen and oxygen atoms in total. The SMILES string of the molecule is Cc1nn([C@H](C)c2ccc(Cl)cc2Cl)c2nc(N3CC([C@@H]4CCCN(C5CC(C(=O)O)C5)C4)C3)cnc12.Cc1nn([C@H](C)c2ccc(Cl)cc2Cl)c2nc(N3CC([C@@H]4CCCN(C5CC(C(=O)O)C5)C4)C3)cnc12.Cc1nn([C@H](C)c2ccc(Cl)cc2Cl)c2nc(N3CC([C@@H]4CCCN(CCCO)C4)C3)cnc12.Cc1nn([C@H](C)c2ccc(Cl)cc2Cl)c2nc(N3CC([C@H]4CCCN(CCCO)C4)C3)cnc12. The molecule has 0 unspecified atom stereocenters. The van der Waals surface area contributed by atoms with E-state index in [1.54, 1.807) is 24.3 Å². The topological polar surface area (TPSA) is 315 Å². The fourth-order valence-corrected chi connectivity index (χ4v) is 25.6. The number of carboxylic acid groups (broad SMARTS) is 2. The van der Waals surface area contributed by atoms with Crippen LogP contribution in [0.3, 0.4) is 0 Å². The first-order chi connectivity index (χ1) is 68.4. The maximum Gasteiger partial charge on any atom is 0.306 e. The zero-order valence-corrected chi connectivity index (χ0v) is 87.9. The fourth-order valence-electron chi connectivity index (χ4n) is 23.4. The summed E-state index contributed by atoms with van der Waals surface area (Å²) in [6.45, 7) is 35.7. The van der Waals surface area contributed by atoms with Gasteiger partial charge in [-0.25, -0.2) is 58.6 Å². The molecule has 0 spiro atoms. The molecule has 2 aliphatic carbocycles. The number of aliphatic carboxylic acids is 2. The van der Waals surface area contributed by atoms with Crippen LogP contribution in [0, 0.1) is 86.9 Å². The second kappa shape index (κ2) is 44.1. The van der Waals surface area contributed by atoms with Crippen LogP contribution in [0.2, 0.25) is 40.2 Å². The number of nitrogens with zero attached hydrogens (tertiary/aromatic N) is 24. The maximum atomic E-state index is 11.2. The molecule has 0 bridgehead atoms. The Balaban J connectivity index is 0.000000120. The zero-order chi connectivity index (χ0) is 99.3. The van der Waals surface area contributed by atoms with E-state index in [1.807, 2.05) is 120 Å². The number of likely N-dealkylation sites (tertiary alicyclic amines) is 4. The molecule has 16 heterocycles. The van der Waals surface area contributed by atoms with E-state index >= 15 is 0 Å². The highest BCUT2D eigenvalue weighted by Gasteiger charge is 2.47. The third kappa shape index (κ3) is 21.9. The standard InChI is InChI=1S/2C27H32Cl2N6O2.2C25H32Cl2N6O/c2*1-15-25-26(35(32-15)16(2)22-6-5-20(28)10-23(22)29)31-24(11-30-25)34-13-19(14-34)17-4-3-7-33(12-17)21-8-18(9-21)27(36)37;2*1-16-24-25(33(30-16)17(2)21-7-6-20(26)11-22(21)27)29-23(12-28-24)32-14-19(15-32)18-5-3-8-31(13-18)9-4-10-34/h2*5-6,10-11,16-19,21H,3-4,7-9,12-14H2,1-2H3,(H,36,37);2*6-7,11-12,17-19,34H,3-5,8-10,13-15H2,1-2H3/t2*16-,17-,18?,21?;17-,18+;17-,18-/m1111/s1. The first-order valence-corrected chi connectivity index (χ1v) is 53.7. The molecule has 38 heteroatoms. The molecule has 142 heavy (non-hydrogen) atoms. The number of anilines is 4. The van der Waals surface area contributed by atoms with E-state index in [2.05, 4.69) is 66.9 Å². The smallest absolute Gasteiger partial charge is 0.306 e. The van der Waals surface area contributed by atoms with E-state index in [-0.39, 0.29) is 49.2 Å². The fraction of sp³-hybridized carbons (Fsp3) is 0.558.